The molecule has 1 aliphatic rings. The van der Waals surface area contributed by atoms with Crippen LogP contribution in [0, 0.1) is 0 Å². The second-order valence-corrected chi connectivity index (χ2v) is 13.5. The quantitative estimate of drug-likeness (QED) is 0.160. The highest BCUT2D eigenvalue weighted by Gasteiger charge is 2.31. The number of hydrogen-bond acceptors (Lipinski definition) is 3. The number of rotatable bonds is 12. The maximum absolute atomic E-state index is 5.27. The zero-order valence-corrected chi connectivity index (χ0v) is 28.8. The fraction of sp³-hybridized carbons (Fsp3) is 0.250. The summed E-state index contributed by atoms with van der Waals surface area (Å²) in [6.45, 7) is 21.8. The number of nitrogens with one attached hydrogen (secondary N) is 1. The summed E-state index contributed by atoms with van der Waals surface area (Å²) in [4.78, 5) is 7.49. The van der Waals surface area contributed by atoms with E-state index < -0.39 is 0 Å². The Morgan fingerprint density at radius 3 is 2.30 bits per heavy atom. The van der Waals surface area contributed by atoms with E-state index in [0.29, 0.717) is 0 Å². The summed E-state index contributed by atoms with van der Waals surface area (Å²) < 4.78 is 0. The number of allylic oxidation sites excluding steroid dienone is 4. The van der Waals surface area contributed by atoms with E-state index in [1.54, 1.807) is 0 Å². The van der Waals surface area contributed by atoms with Crippen molar-refractivity contribution in [3.05, 3.63) is 163 Å². The average molecular weight is 620 g/mol. The van der Waals surface area contributed by atoms with Crippen LogP contribution >= 0.6 is 0 Å². The Hall–Kier alpha value is -4.89. The van der Waals surface area contributed by atoms with Gasteiger partial charge >= 0.3 is 0 Å². The minimum Gasteiger partial charge on any atom is -0.353 e. The summed E-state index contributed by atoms with van der Waals surface area (Å²) in [5.41, 5.74) is 12.5. The van der Waals surface area contributed by atoms with Crippen LogP contribution in [0.4, 0.5) is 17.1 Å². The number of fused-ring (bicyclic) bond motifs is 1. The van der Waals surface area contributed by atoms with E-state index in [1.807, 2.05) is 13.0 Å². The molecule has 0 fully saturated rings. The molecule has 240 valence electrons. The molecule has 0 saturated carbocycles. The standard InChI is InChI=1S/C44H49N3/c1-9-18-31(3)25-27-37-35-21-14-15-22-36(35)39(10-2)45-42(37)29-32(4)47(8)43-24-17-16-23-41(43)46-40-28-26-34(44(5,6)7)30-38(40)33-19-12-11-13-20-33/h9-24,26,28,30,37,42,46H,2-4,25,27,29H2,1,5-8H3/b18-9-. The van der Waals surface area contributed by atoms with Crippen molar-refractivity contribution in [3.8, 4) is 11.1 Å². The lowest BCUT2D eigenvalue weighted by molar-refractivity contribution is 0.490. The molecule has 5 rings (SSSR count). The molecule has 0 radical (unpaired) electrons. The molecule has 47 heavy (non-hydrogen) atoms. The number of para-hydroxylation sites is 2. The van der Waals surface area contributed by atoms with Gasteiger partial charge in [-0.15, -0.1) is 0 Å². The highest BCUT2D eigenvalue weighted by Crippen LogP contribution is 2.41. The van der Waals surface area contributed by atoms with E-state index >= 15 is 0 Å². The van der Waals surface area contributed by atoms with Gasteiger partial charge in [-0.05, 0) is 72.2 Å². The average Bonchev–Trinajstić information content (AvgIpc) is 3.07. The summed E-state index contributed by atoms with van der Waals surface area (Å²) in [6.07, 6.45) is 8.69. The van der Waals surface area contributed by atoms with Crippen LogP contribution in [0.2, 0.25) is 0 Å². The van der Waals surface area contributed by atoms with Crippen molar-refractivity contribution < 1.29 is 0 Å². The lowest BCUT2D eigenvalue weighted by Gasteiger charge is -2.34. The Bertz CT molecular complexity index is 1800. The molecule has 0 aromatic heterocycles. The maximum atomic E-state index is 5.27. The molecule has 3 heteroatoms. The first-order valence-electron chi connectivity index (χ1n) is 16.7. The van der Waals surface area contributed by atoms with Crippen molar-refractivity contribution in [2.75, 3.05) is 17.3 Å². The first-order chi connectivity index (χ1) is 22.6. The third-order valence-corrected chi connectivity index (χ3v) is 9.20. The largest absolute Gasteiger partial charge is 0.353 e. The van der Waals surface area contributed by atoms with Gasteiger partial charge in [-0.2, -0.15) is 0 Å². The molecular formula is C44H49N3. The number of anilines is 3. The molecule has 0 bridgehead atoms. The van der Waals surface area contributed by atoms with Crippen LogP contribution in [0.25, 0.3) is 11.1 Å². The van der Waals surface area contributed by atoms with Crippen molar-refractivity contribution in [1.82, 2.24) is 0 Å². The van der Waals surface area contributed by atoms with Gasteiger partial charge in [-0.1, -0.05) is 131 Å². The van der Waals surface area contributed by atoms with Gasteiger partial charge < -0.3 is 10.2 Å². The fourth-order valence-electron chi connectivity index (χ4n) is 6.50. The van der Waals surface area contributed by atoms with Crippen LogP contribution in [0.1, 0.15) is 69.6 Å². The predicted molar refractivity (Wildman–Crippen MR) is 205 cm³/mol. The smallest absolute Gasteiger partial charge is 0.0647 e. The van der Waals surface area contributed by atoms with Crippen LogP contribution in [-0.2, 0) is 5.41 Å². The van der Waals surface area contributed by atoms with Crippen molar-refractivity contribution in [1.29, 1.82) is 0 Å². The molecule has 0 aliphatic carbocycles. The Morgan fingerprint density at radius 2 is 1.57 bits per heavy atom. The highest BCUT2D eigenvalue weighted by atomic mass is 15.1. The van der Waals surface area contributed by atoms with Gasteiger partial charge in [-0.25, -0.2) is 0 Å². The molecule has 1 N–H and O–H groups in total. The fourth-order valence-corrected chi connectivity index (χ4v) is 6.50. The van der Waals surface area contributed by atoms with Crippen molar-refractivity contribution >= 4 is 22.8 Å². The molecule has 1 heterocycles. The molecule has 2 unspecified atom stereocenters. The normalized spacial score (nSPS) is 15.9. The SMILES string of the molecule is C=CC1=NC(CC(=C)N(C)c2ccccc2Nc2ccc(C(C)(C)C)cc2-c2ccccc2)C(CCC(=C)/C=C\C)c2ccccc21. The Morgan fingerprint density at radius 1 is 0.872 bits per heavy atom. The lowest BCUT2D eigenvalue weighted by atomic mass is 9.79. The Kier molecular flexibility index (Phi) is 10.5. The van der Waals surface area contributed by atoms with Crippen molar-refractivity contribution in [3.63, 3.8) is 0 Å². The van der Waals surface area contributed by atoms with E-state index in [9.17, 15) is 0 Å². The number of hydrogen-bond donors (Lipinski definition) is 1. The molecular weight excluding hydrogens is 571 g/mol. The second-order valence-electron chi connectivity index (χ2n) is 13.5. The zero-order chi connectivity index (χ0) is 33.6. The summed E-state index contributed by atoms with van der Waals surface area (Å²) in [7, 11) is 2.11. The van der Waals surface area contributed by atoms with Crippen LogP contribution in [0.5, 0.6) is 0 Å². The molecule has 4 aromatic carbocycles. The van der Waals surface area contributed by atoms with Crippen LogP contribution in [0.15, 0.2) is 151 Å². The molecule has 0 saturated heterocycles. The number of nitrogens with zero attached hydrogens (tertiary/aromatic N) is 2. The van der Waals surface area contributed by atoms with Crippen LogP contribution in [-0.4, -0.2) is 18.8 Å². The third-order valence-electron chi connectivity index (χ3n) is 9.20. The summed E-state index contributed by atoms with van der Waals surface area (Å²) in [5.74, 6) is 0.255. The van der Waals surface area contributed by atoms with Gasteiger partial charge in [0.1, 0.15) is 0 Å². The summed E-state index contributed by atoms with van der Waals surface area (Å²) >= 11 is 0. The third kappa shape index (κ3) is 7.74. The number of aliphatic imine (C=N–C) groups is 1. The van der Waals surface area contributed by atoms with Crippen LogP contribution in [0.3, 0.4) is 0 Å². The van der Waals surface area contributed by atoms with Gasteiger partial charge in [0.2, 0.25) is 0 Å². The van der Waals surface area contributed by atoms with E-state index in [1.165, 1.54) is 27.8 Å². The topological polar surface area (TPSA) is 27.6 Å². The monoisotopic (exact) mass is 619 g/mol. The van der Waals surface area contributed by atoms with E-state index in [-0.39, 0.29) is 17.4 Å². The van der Waals surface area contributed by atoms with Gasteiger partial charge in [0.05, 0.1) is 23.1 Å². The highest BCUT2D eigenvalue weighted by molar-refractivity contribution is 6.10. The molecule has 2 atom stereocenters. The molecule has 0 spiro atoms. The Balaban J connectivity index is 1.44. The number of benzene rings is 4. The van der Waals surface area contributed by atoms with Gasteiger partial charge in [0, 0.05) is 41.9 Å². The van der Waals surface area contributed by atoms with Crippen molar-refractivity contribution in [2.45, 2.75) is 64.3 Å². The van der Waals surface area contributed by atoms with Crippen molar-refractivity contribution in [2.24, 2.45) is 4.99 Å². The molecule has 4 aromatic rings. The predicted octanol–water partition coefficient (Wildman–Crippen LogP) is 11.8. The summed E-state index contributed by atoms with van der Waals surface area (Å²) in [5, 5.41) is 3.80. The Labute approximate surface area is 282 Å². The minimum absolute atomic E-state index is 0.0426. The van der Waals surface area contributed by atoms with Gasteiger partial charge in [0.25, 0.3) is 0 Å². The van der Waals surface area contributed by atoms with E-state index in [2.05, 4.69) is 167 Å². The summed E-state index contributed by atoms with van der Waals surface area (Å²) in [6, 6.07) is 34.6. The van der Waals surface area contributed by atoms with E-state index in [0.717, 1.165) is 53.3 Å². The molecule has 1 aliphatic heterocycles. The first-order valence-corrected chi connectivity index (χ1v) is 16.7. The minimum atomic E-state index is 0.0426. The van der Waals surface area contributed by atoms with Crippen LogP contribution < -0.4 is 10.2 Å². The first kappa shape index (κ1) is 33.5. The second kappa shape index (κ2) is 14.7. The van der Waals surface area contributed by atoms with E-state index in [4.69, 9.17) is 4.99 Å². The lowest BCUT2D eigenvalue weighted by Crippen LogP contribution is -2.29. The molecule has 0 amide bonds. The maximum Gasteiger partial charge on any atom is 0.0647 e. The zero-order valence-electron chi connectivity index (χ0n) is 28.8. The molecule has 3 nitrogen and oxygen atoms in total. The van der Waals surface area contributed by atoms with Gasteiger partial charge in [0.15, 0.2) is 0 Å². The van der Waals surface area contributed by atoms with Gasteiger partial charge in [-0.3, -0.25) is 4.99 Å².